The van der Waals surface area contributed by atoms with E-state index in [-0.39, 0.29) is 100 Å². The van der Waals surface area contributed by atoms with Gasteiger partial charge in [0.1, 0.15) is 0 Å². The molecule has 0 aromatic rings. The molecule has 0 saturated heterocycles. The first-order valence-corrected chi connectivity index (χ1v) is 47.1. The van der Waals surface area contributed by atoms with Gasteiger partial charge < -0.3 is 69.5 Å². The average molecular weight is 1840 g/mol. The van der Waals surface area contributed by atoms with Gasteiger partial charge in [0.25, 0.3) is 0 Å². The van der Waals surface area contributed by atoms with E-state index in [9.17, 15) is 19.2 Å². The normalized spacial score (nSPS) is 10.8. The fourth-order valence-electron chi connectivity index (χ4n) is 12.7. The van der Waals surface area contributed by atoms with Crippen molar-refractivity contribution in [3.8, 4) is 0 Å². The Labute approximate surface area is 744 Å². The van der Waals surface area contributed by atoms with E-state index >= 15 is 0 Å². The first kappa shape index (κ1) is 127. The summed E-state index contributed by atoms with van der Waals surface area (Å²) in [6.07, 6.45) is 105. The van der Waals surface area contributed by atoms with E-state index in [1.165, 1.54) is 360 Å². The van der Waals surface area contributed by atoms with Crippen molar-refractivity contribution in [1.82, 2.24) is 0 Å². The van der Waals surface area contributed by atoms with E-state index in [1.807, 2.05) is 0 Å². The zero-order valence-electron chi connectivity index (χ0n) is 70.8. The molecule has 15 heteroatoms. The van der Waals surface area contributed by atoms with Crippen LogP contribution in [0, 0.1) is 0 Å². The fourth-order valence-corrected chi connectivity index (χ4v) is 13.0. The number of rotatable bonds is 80. The van der Waals surface area contributed by atoms with Crippen LogP contribution >= 0.6 is 13.5 Å². The van der Waals surface area contributed by atoms with E-state index in [1.54, 1.807) is 0 Å². The standard InChI is InChI=1S/4C23H44O2S.2CH4.H2S.2Sn/c4*1-2-3-4-5-6-7-8-9-10-11-12-13-14-15-16-17-18-19-20-23(24)25-21-22-26;;;;;/h4*3-4,26H,2,5-22H2,1H3;2*1H4;1H2;;/q;;;;;;;2*+2/p-4/b4*4-3+;;;;;. The third-order valence-electron chi connectivity index (χ3n) is 19.0. The number of hydrogen-bond acceptors (Lipinski definition) is 12. The average Bonchev–Trinajstić information content (AvgIpc) is 2.78. The molecule has 0 unspecified atom stereocenters. The molecule has 0 bridgehead atoms. The number of ether oxygens (including phenoxy) is 4. The molecule has 0 N–H and O–H groups in total. The summed E-state index contributed by atoms with van der Waals surface area (Å²) >= 11 is 19.0. The van der Waals surface area contributed by atoms with Crippen LogP contribution < -0.4 is 0 Å². The molecular formula is C94H182O8S5Sn2. The van der Waals surface area contributed by atoms with Gasteiger partial charge in [-0.25, -0.2) is 0 Å². The Bertz CT molecular complexity index is 1530. The topological polar surface area (TPSA) is 105 Å². The molecule has 0 saturated carbocycles. The maximum absolute atomic E-state index is 11.3. The van der Waals surface area contributed by atoms with Crippen molar-refractivity contribution >= 4 is 136 Å². The molecule has 4 radical (unpaired) electrons. The molecule has 0 amide bonds. The predicted molar refractivity (Wildman–Crippen MR) is 501 cm³/mol. The van der Waals surface area contributed by atoms with Crippen molar-refractivity contribution in [2.75, 3.05) is 49.4 Å². The molecule has 0 heterocycles. The molecule has 0 rings (SSSR count). The van der Waals surface area contributed by atoms with E-state index < -0.39 is 0 Å². The van der Waals surface area contributed by atoms with E-state index in [4.69, 9.17) is 69.5 Å². The van der Waals surface area contributed by atoms with E-state index in [0.29, 0.717) is 75.1 Å². The Kier molecular flexibility index (Phi) is 145. The molecule has 644 valence electrons. The Balaban J connectivity index is -0.000000172. The smallest absolute Gasteiger partial charge is 0.789 e. The van der Waals surface area contributed by atoms with Crippen LogP contribution in [0.4, 0.5) is 0 Å². The predicted octanol–water partition coefficient (Wildman–Crippen LogP) is 29.8. The Morgan fingerprint density at radius 1 is 0.202 bits per heavy atom. The maximum atomic E-state index is 11.3. The van der Waals surface area contributed by atoms with Gasteiger partial charge in [-0.1, -0.05) is 399 Å². The third kappa shape index (κ3) is 132. The van der Waals surface area contributed by atoms with Crippen LogP contribution in [0.2, 0.25) is 0 Å². The fraction of sp³-hybridized carbons (Fsp3) is 0.872. The van der Waals surface area contributed by atoms with Crippen LogP contribution in [0.3, 0.4) is 0 Å². The summed E-state index contributed by atoms with van der Waals surface area (Å²) in [6.45, 7) is 10.4. The van der Waals surface area contributed by atoms with Crippen molar-refractivity contribution in [2.24, 2.45) is 0 Å². The van der Waals surface area contributed by atoms with Crippen LogP contribution in [0.1, 0.15) is 479 Å². The van der Waals surface area contributed by atoms with Gasteiger partial charge in [0.15, 0.2) is 0 Å². The summed E-state index contributed by atoms with van der Waals surface area (Å²) < 4.78 is 19.9. The molecule has 0 spiro atoms. The third-order valence-corrected chi connectivity index (χ3v) is 19.7. The van der Waals surface area contributed by atoms with Gasteiger partial charge >= 0.3 is 71.7 Å². The molecule has 8 nitrogen and oxygen atoms in total. The maximum Gasteiger partial charge on any atom is 2.00 e. The van der Waals surface area contributed by atoms with Crippen LogP contribution in [0.15, 0.2) is 48.6 Å². The Hall–Kier alpha value is 0.187. The SMILES string of the molecule is C.C.CC/C=C/CCCCCCCCCCCCCCCCC(=O)OCC[S-].CC/C=C/CCCCCCCCCCCCCCCCC(=O)OCC[S-].CC/C=C/CCCCCCCCCCCCCCCCC(=O)OCC[S-].CC/C=C/CCCCCCCCCCCCCCCCC(=O)OCC[S-].S.[Sn+2].[Sn+2]. The van der Waals surface area contributed by atoms with Crippen LogP contribution in [-0.2, 0) is 88.6 Å². The zero-order valence-corrected chi connectivity index (χ0v) is 80.7. The first-order valence-electron chi connectivity index (χ1n) is 44.8. The van der Waals surface area contributed by atoms with E-state index in [0.717, 1.165) is 51.4 Å². The molecule has 0 atom stereocenters. The second kappa shape index (κ2) is 124. The minimum absolute atomic E-state index is 0. The molecule has 109 heavy (non-hydrogen) atoms. The van der Waals surface area contributed by atoms with Crippen molar-refractivity contribution in [3.63, 3.8) is 0 Å². The molecule has 0 aliphatic heterocycles. The number of carbonyl (C=O) groups is 4. The van der Waals surface area contributed by atoms with Gasteiger partial charge in [-0.15, -0.1) is 23.0 Å². The van der Waals surface area contributed by atoms with Crippen molar-refractivity contribution in [3.05, 3.63) is 48.6 Å². The van der Waals surface area contributed by atoms with Gasteiger partial charge in [0.05, 0.1) is 26.4 Å². The quantitative estimate of drug-likeness (QED) is 0.0145. The number of unbranched alkanes of at least 4 members (excludes halogenated alkanes) is 56. The van der Waals surface area contributed by atoms with Crippen LogP contribution in [0.25, 0.3) is 0 Å². The molecule has 0 aromatic carbocycles. The summed E-state index contributed by atoms with van der Waals surface area (Å²) in [6, 6.07) is 0. The Morgan fingerprint density at radius 2 is 0.312 bits per heavy atom. The van der Waals surface area contributed by atoms with Crippen LogP contribution in [-0.4, -0.2) is 121 Å². The summed E-state index contributed by atoms with van der Waals surface area (Å²) in [5, 5.41) is 0. The zero-order chi connectivity index (χ0) is 76.5. The minimum atomic E-state index is -0.0804. The molecular weight excluding hydrogens is 1650 g/mol. The second-order valence-corrected chi connectivity index (χ2v) is 30.8. The number of esters is 4. The first-order chi connectivity index (χ1) is 51.2. The van der Waals surface area contributed by atoms with Gasteiger partial charge in [0.2, 0.25) is 0 Å². The monoisotopic (exact) mass is 1840 g/mol. The van der Waals surface area contributed by atoms with Gasteiger partial charge in [0, 0.05) is 25.7 Å². The van der Waals surface area contributed by atoms with Crippen LogP contribution in [0.5, 0.6) is 0 Å². The van der Waals surface area contributed by atoms with Crippen molar-refractivity contribution in [1.29, 1.82) is 0 Å². The largest absolute Gasteiger partial charge is 2.00 e. The number of carbonyl (C=O) groups excluding carboxylic acids is 4. The summed E-state index contributed by atoms with van der Waals surface area (Å²) in [5.74, 6) is 1.69. The summed E-state index contributed by atoms with van der Waals surface area (Å²) in [7, 11) is 0. The van der Waals surface area contributed by atoms with Gasteiger partial charge in [-0.05, 0) is 103 Å². The molecule has 0 aliphatic carbocycles. The molecule has 0 aromatic heterocycles. The van der Waals surface area contributed by atoms with Crippen molar-refractivity contribution < 1.29 is 38.1 Å². The van der Waals surface area contributed by atoms with Gasteiger partial charge in [-0.2, -0.15) is 13.5 Å². The summed E-state index contributed by atoms with van der Waals surface area (Å²) in [4.78, 5) is 45.2. The number of allylic oxidation sites excluding steroid dienone is 8. The minimum Gasteiger partial charge on any atom is -0.789 e. The van der Waals surface area contributed by atoms with Gasteiger partial charge in [-0.3, -0.25) is 19.2 Å². The summed E-state index contributed by atoms with van der Waals surface area (Å²) in [5.41, 5.74) is 0. The molecule has 0 fully saturated rings. The Morgan fingerprint density at radius 3 is 0.422 bits per heavy atom. The van der Waals surface area contributed by atoms with E-state index in [2.05, 4.69) is 76.3 Å². The number of hydrogen-bond donors (Lipinski definition) is 0. The second-order valence-electron chi connectivity index (χ2n) is 29.2. The van der Waals surface area contributed by atoms with Crippen molar-refractivity contribution in [2.45, 2.75) is 479 Å². The molecule has 0 aliphatic rings.